The summed E-state index contributed by atoms with van der Waals surface area (Å²) in [6, 6.07) is 8.64. The van der Waals surface area contributed by atoms with Crippen molar-refractivity contribution in [1.29, 1.82) is 0 Å². The molecule has 3 aromatic rings. The number of hydrogen-bond donors (Lipinski definition) is 2. The molecule has 1 aliphatic carbocycles. The zero-order chi connectivity index (χ0) is 28.8. The second kappa shape index (κ2) is 10.5. The summed E-state index contributed by atoms with van der Waals surface area (Å²) in [5.41, 5.74) is 3.52. The third-order valence-electron chi connectivity index (χ3n) is 8.31. The summed E-state index contributed by atoms with van der Waals surface area (Å²) in [6.45, 7) is 3.09. The van der Waals surface area contributed by atoms with Gasteiger partial charge >= 0.3 is 0 Å². The molecule has 13 heteroatoms. The Labute approximate surface area is 237 Å². The molecule has 2 saturated heterocycles. The van der Waals surface area contributed by atoms with E-state index in [1.165, 1.54) is 12.8 Å². The third-order valence-corrected chi connectivity index (χ3v) is 9.58. The van der Waals surface area contributed by atoms with Crippen LogP contribution in [-0.4, -0.2) is 73.2 Å². The van der Waals surface area contributed by atoms with Gasteiger partial charge < -0.3 is 19.3 Å². The average molecular weight is 589 g/mol. The Kier molecular flexibility index (Phi) is 7.13. The maximum Gasteiger partial charge on any atom is 0.265 e. The molecule has 41 heavy (non-hydrogen) atoms. The fraction of sp³-hybridized carbons (Fsp3) is 0.536. The van der Waals surface area contributed by atoms with Crippen LogP contribution in [0.2, 0.25) is 0 Å². The van der Waals surface area contributed by atoms with Crippen LogP contribution in [0.3, 0.4) is 0 Å². The number of aryl methyl sites for hydroxylation is 1. The van der Waals surface area contributed by atoms with E-state index in [1.807, 2.05) is 0 Å². The van der Waals surface area contributed by atoms with E-state index in [4.69, 9.17) is 9.52 Å². The SMILES string of the molecule is Cc1cc(-c2nnc(-c3ccc(NS(=O)(=O)CCO)cc3N3CCC4(CC3)CC4)o2)cc(N2CCCC(F)(F)C2)n1. The number of sulfonamides is 1. The number of nitrogens with one attached hydrogen (secondary N) is 1. The molecule has 10 nitrogen and oxygen atoms in total. The lowest BCUT2D eigenvalue weighted by Crippen LogP contribution is -2.43. The smallest absolute Gasteiger partial charge is 0.265 e. The van der Waals surface area contributed by atoms with Gasteiger partial charge in [-0.2, -0.15) is 0 Å². The summed E-state index contributed by atoms with van der Waals surface area (Å²) >= 11 is 0. The number of rotatable bonds is 8. The van der Waals surface area contributed by atoms with Crippen molar-refractivity contribution in [1.82, 2.24) is 15.2 Å². The van der Waals surface area contributed by atoms with Crippen molar-refractivity contribution in [2.24, 2.45) is 5.41 Å². The Morgan fingerprint density at radius 1 is 1.00 bits per heavy atom. The molecule has 1 aromatic carbocycles. The normalized spacial score (nSPS) is 19.9. The predicted octanol–water partition coefficient (Wildman–Crippen LogP) is 4.46. The van der Waals surface area contributed by atoms with Crippen molar-refractivity contribution in [2.75, 3.05) is 53.1 Å². The van der Waals surface area contributed by atoms with Crippen LogP contribution >= 0.6 is 0 Å². The van der Waals surface area contributed by atoms with Crippen LogP contribution in [0.1, 0.15) is 44.2 Å². The number of anilines is 3. The Hall–Kier alpha value is -3.32. The molecule has 4 heterocycles. The lowest BCUT2D eigenvalue weighted by molar-refractivity contribution is -0.0118. The summed E-state index contributed by atoms with van der Waals surface area (Å²) in [4.78, 5) is 8.29. The first-order valence-electron chi connectivity index (χ1n) is 14.0. The molecule has 2 N–H and O–H groups in total. The van der Waals surface area contributed by atoms with Crippen LogP contribution in [-0.2, 0) is 10.0 Å². The minimum absolute atomic E-state index is 0.128. The van der Waals surface area contributed by atoms with Crippen LogP contribution in [0.4, 0.5) is 26.0 Å². The van der Waals surface area contributed by atoms with Gasteiger partial charge in [-0.05, 0) is 74.8 Å². The standard InChI is InChI=1S/C28H34F2N6O4S/c1-19-15-20(16-24(31-19)36-10-2-5-28(29,30)18-36)25-32-33-26(40-25)22-4-3-21(34-41(38,39)14-13-37)17-23(22)35-11-8-27(6-7-27)9-12-35/h3-4,15-17,34,37H,2,5-14,18H2,1H3. The van der Waals surface area contributed by atoms with E-state index in [2.05, 4.69) is 24.8 Å². The summed E-state index contributed by atoms with van der Waals surface area (Å²) in [5.74, 6) is -2.20. The summed E-state index contributed by atoms with van der Waals surface area (Å²) in [5, 5.41) is 17.7. The molecule has 0 bridgehead atoms. The zero-order valence-corrected chi connectivity index (χ0v) is 23.8. The van der Waals surface area contributed by atoms with E-state index in [0.29, 0.717) is 46.7 Å². The van der Waals surface area contributed by atoms with Crippen LogP contribution < -0.4 is 14.5 Å². The van der Waals surface area contributed by atoms with Gasteiger partial charge in [0.25, 0.3) is 5.92 Å². The van der Waals surface area contributed by atoms with E-state index in [0.717, 1.165) is 31.6 Å². The number of benzene rings is 1. The number of halogens is 2. The molecule has 1 saturated carbocycles. The second-order valence-electron chi connectivity index (χ2n) is 11.5. The van der Waals surface area contributed by atoms with Crippen LogP contribution in [0.15, 0.2) is 34.7 Å². The summed E-state index contributed by atoms with van der Waals surface area (Å²) < 4.78 is 61.5. The van der Waals surface area contributed by atoms with E-state index in [-0.39, 0.29) is 24.7 Å². The van der Waals surface area contributed by atoms with Gasteiger partial charge in [-0.1, -0.05) is 0 Å². The minimum Gasteiger partial charge on any atom is -0.416 e. The van der Waals surface area contributed by atoms with Gasteiger partial charge in [0.1, 0.15) is 5.82 Å². The molecule has 1 spiro atoms. The van der Waals surface area contributed by atoms with Crippen molar-refractivity contribution in [3.63, 3.8) is 0 Å². The number of aliphatic hydroxyl groups is 1. The zero-order valence-electron chi connectivity index (χ0n) is 22.9. The minimum atomic E-state index is -3.70. The van der Waals surface area contributed by atoms with Gasteiger partial charge in [0.05, 0.1) is 35.8 Å². The highest BCUT2D eigenvalue weighted by Crippen LogP contribution is 2.54. The second-order valence-corrected chi connectivity index (χ2v) is 13.4. The van der Waals surface area contributed by atoms with Crippen LogP contribution in [0.5, 0.6) is 0 Å². The first-order valence-corrected chi connectivity index (χ1v) is 15.7. The Morgan fingerprint density at radius 2 is 1.76 bits per heavy atom. The maximum atomic E-state index is 14.1. The first kappa shape index (κ1) is 27.8. The molecule has 220 valence electrons. The molecule has 2 aliphatic heterocycles. The van der Waals surface area contributed by atoms with Crippen molar-refractivity contribution < 1.29 is 26.7 Å². The van der Waals surface area contributed by atoms with E-state index in [9.17, 15) is 17.2 Å². The number of pyridine rings is 1. The Morgan fingerprint density at radius 3 is 2.46 bits per heavy atom. The fourth-order valence-corrected chi connectivity index (χ4v) is 6.66. The van der Waals surface area contributed by atoms with Crippen LogP contribution in [0, 0.1) is 12.3 Å². The Bertz CT molecular complexity index is 1530. The summed E-state index contributed by atoms with van der Waals surface area (Å²) in [7, 11) is -3.70. The third kappa shape index (κ3) is 6.15. The highest BCUT2D eigenvalue weighted by molar-refractivity contribution is 7.92. The van der Waals surface area contributed by atoms with Crippen molar-refractivity contribution in [3.05, 3.63) is 36.0 Å². The molecule has 0 amide bonds. The molecular formula is C28H34F2N6O4S. The Balaban J connectivity index is 1.32. The quantitative estimate of drug-likeness (QED) is 0.393. The molecule has 3 fully saturated rings. The molecule has 0 radical (unpaired) electrons. The number of aliphatic hydroxyl groups excluding tert-OH is 1. The molecule has 6 rings (SSSR count). The lowest BCUT2D eigenvalue weighted by Gasteiger charge is -2.35. The topological polar surface area (TPSA) is 125 Å². The van der Waals surface area contributed by atoms with Crippen molar-refractivity contribution in [3.8, 4) is 22.9 Å². The van der Waals surface area contributed by atoms with Crippen LogP contribution in [0.25, 0.3) is 22.9 Å². The number of piperidine rings is 2. The van der Waals surface area contributed by atoms with E-state index < -0.39 is 28.3 Å². The van der Waals surface area contributed by atoms with Gasteiger partial charge in [-0.15, -0.1) is 10.2 Å². The molecular weight excluding hydrogens is 554 g/mol. The van der Waals surface area contributed by atoms with Gasteiger partial charge in [0.15, 0.2) is 0 Å². The molecule has 0 unspecified atom stereocenters. The first-order chi connectivity index (χ1) is 19.5. The summed E-state index contributed by atoms with van der Waals surface area (Å²) in [6.07, 6.45) is 4.90. The number of nitrogens with zero attached hydrogens (tertiary/aromatic N) is 5. The largest absolute Gasteiger partial charge is 0.416 e. The van der Waals surface area contributed by atoms with Crippen molar-refractivity contribution in [2.45, 2.75) is 51.4 Å². The van der Waals surface area contributed by atoms with Gasteiger partial charge in [-0.25, -0.2) is 22.2 Å². The highest BCUT2D eigenvalue weighted by atomic mass is 32.2. The number of aromatic nitrogens is 3. The van der Waals surface area contributed by atoms with E-state index >= 15 is 0 Å². The van der Waals surface area contributed by atoms with Gasteiger partial charge in [-0.3, -0.25) is 4.72 Å². The van der Waals surface area contributed by atoms with E-state index in [1.54, 1.807) is 42.2 Å². The average Bonchev–Trinajstić information content (AvgIpc) is 3.48. The van der Waals surface area contributed by atoms with Crippen molar-refractivity contribution >= 4 is 27.2 Å². The van der Waals surface area contributed by atoms with Gasteiger partial charge in [0, 0.05) is 37.3 Å². The number of alkyl halides is 2. The highest BCUT2D eigenvalue weighted by Gasteiger charge is 2.44. The predicted molar refractivity (Wildman–Crippen MR) is 152 cm³/mol. The molecule has 3 aliphatic rings. The lowest BCUT2D eigenvalue weighted by atomic mass is 9.93. The fourth-order valence-electron chi connectivity index (χ4n) is 5.83. The molecule has 2 aromatic heterocycles. The maximum absolute atomic E-state index is 14.1. The monoisotopic (exact) mass is 588 g/mol. The molecule has 0 atom stereocenters. The number of hydrogen-bond acceptors (Lipinski definition) is 9. The van der Waals surface area contributed by atoms with Gasteiger partial charge in [0.2, 0.25) is 21.8 Å².